The van der Waals surface area contributed by atoms with Crippen molar-refractivity contribution in [3.63, 3.8) is 0 Å². The number of piperazine rings is 1. The Balaban J connectivity index is 2.63. The van der Waals surface area contributed by atoms with Crippen LogP contribution in [0.2, 0.25) is 0 Å². The maximum atomic E-state index is 12.2. The molecule has 1 heterocycles. The normalized spacial score (nSPS) is 18.5. The molecule has 0 saturated carbocycles. The standard InChI is InChI=1S/C13H23N3O4/c1-9(11(18)19)14-12(20)13(3,4)16-7-5-15(6-8-16)10(2)17/h9H,5-8H2,1-4H3,(H,14,20)(H,18,19). The Bertz CT molecular complexity index is 400. The number of carboxylic acids is 1. The first-order valence-corrected chi connectivity index (χ1v) is 6.70. The van der Waals surface area contributed by atoms with Gasteiger partial charge in [0.25, 0.3) is 0 Å². The zero-order valence-electron chi connectivity index (χ0n) is 12.5. The Morgan fingerprint density at radius 2 is 1.65 bits per heavy atom. The molecule has 0 aliphatic carbocycles. The van der Waals surface area contributed by atoms with E-state index in [1.165, 1.54) is 13.8 Å². The van der Waals surface area contributed by atoms with Crippen molar-refractivity contribution >= 4 is 17.8 Å². The van der Waals surface area contributed by atoms with E-state index in [4.69, 9.17) is 5.11 Å². The van der Waals surface area contributed by atoms with E-state index < -0.39 is 17.6 Å². The van der Waals surface area contributed by atoms with Crippen molar-refractivity contribution in [2.24, 2.45) is 0 Å². The summed E-state index contributed by atoms with van der Waals surface area (Å²) in [6.07, 6.45) is 0. The van der Waals surface area contributed by atoms with Gasteiger partial charge >= 0.3 is 5.97 Å². The average molecular weight is 285 g/mol. The predicted octanol–water partition coefficient (Wildman–Crippen LogP) is -0.482. The van der Waals surface area contributed by atoms with Gasteiger partial charge in [0.05, 0.1) is 5.54 Å². The van der Waals surface area contributed by atoms with Crippen molar-refractivity contribution in [1.82, 2.24) is 15.1 Å². The third-order valence-electron chi connectivity index (χ3n) is 3.79. The van der Waals surface area contributed by atoms with Gasteiger partial charge in [-0.2, -0.15) is 0 Å². The first-order chi connectivity index (χ1) is 9.16. The second-order valence-corrected chi connectivity index (χ2v) is 5.59. The lowest BCUT2D eigenvalue weighted by molar-refractivity contribution is -0.144. The van der Waals surface area contributed by atoms with Crippen molar-refractivity contribution in [3.05, 3.63) is 0 Å². The Morgan fingerprint density at radius 1 is 1.15 bits per heavy atom. The molecule has 2 N–H and O–H groups in total. The lowest BCUT2D eigenvalue weighted by Crippen LogP contribution is -2.62. The summed E-state index contributed by atoms with van der Waals surface area (Å²) in [4.78, 5) is 38.0. The van der Waals surface area contributed by atoms with Gasteiger partial charge in [-0.3, -0.25) is 19.3 Å². The van der Waals surface area contributed by atoms with Gasteiger partial charge < -0.3 is 15.3 Å². The number of aliphatic carboxylic acids is 1. The molecule has 2 amide bonds. The molecule has 0 radical (unpaired) electrons. The molecule has 1 atom stereocenters. The fraction of sp³-hybridized carbons (Fsp3) is 0.769. The third kappa shape index (κ3) is 3.69. The van der Waals surface area contributed by atoms with Gasteiger partial charge in [0.15, 0.2) is 0 Å². The molecule has 1 aliphatic rings. The Morgan fingerprint density at radius 3 is 2.05 bits per heavy atom. The van der Waals surface area contributed by atoms with Crippen LogP contribution in [0, 0.1) is 0 Å². The van der Waals surface area contributed by atoms with Gasteiger partial charge in [-0.25, -0.2) is 0 Å². The Labute approximate surface area is 118 Å². The SMILES string of the molecule is CC(=O)N1CCN(C(C)(C)C(=O)NC(C)C(=O)O)CC1. The second kappa shape index (κ2) is 6.21. The quantitative estimate of drug-likeness (QED) is 0.728. The van der Waals surface area contributed by atoms with Gasteiger partial charge in [0.2, 0.25) is 11.8 Å². The minimum absolute atomic E-state index is 0.0337. The molecular formula is C13H23N3O4. The van der Waals surface area contributed by atoms with Gasteiger partial charge in [-0.05, 0) is 20.8 Å². The number of carboxylic acid groups (broad SMARTS) is 1. The van der Waals surface area contributed by atoms with E-state index in [-0.39, 0.29) is 11.8 Å². The van der Waals surface area contributed by atoms with Crippen LogP contribution >= 0.6 is 0 Å². The van der Waals surface area contributed by atoms with Crippen molar-refractivity contribution < 1.29 is 19.5 Å². The fourth-order valence-electron chi connectivity index (χ4n) is 2.16. The molecule has 0 aromatic carbocycles. The van der Waals surface area contributed by atoms with E-state index in [1.54, 1.807) is 18.7 Å². The highest BCUT2D eigenvalue weighted by molar-refractivity contribution is 5.89. The third-order valence-corrected chi connectivity index (χ3v) is 3.79. The smallest absolute Gasteiger partial charge is 0.325 e. The van der Waals surface area contributed by atoms with Gasteiger partial charge in [-0.15, -0.1) is 0 Å². The number of rotatable bonds is 4. The lowest BCUT2D eigenvalue weighted by atomic mass is 9.99. The topological polar surface area (TPSA) is 90.0 Å². The molecule has 0 aromatic heterocycles. The molecule has 114 valence electrons. The molecule has 0 bridgehead atoms. The van der Waals surface area contributed by atoms with Crippen LogP contribution in [-0.2, 0) is 14.4 Å². The molecule has 1 aliphatic heterocycles. The van der Waals surface area contributed by atoms with Crippen molar-refractivity contribution in [2.75, 3.05) is 26.2 Å². The van der Waals surface area contributed by atoms with E-state index in [0.29, 0.717) is 26.2 Å². The molecule has 7 nitrogen and oxygen atoms in total. The molecule has 1 unspecified atom stereocenters. The molecule has 20 heavy (non-hydrogen) atoms. The van der Waals surface area contributed by atoms with Crippen LogP contribution in [0.4, 0.5) is 0 Å². The van der Waals surface area contributed by atoms with Gasteiger partial charge in [-0.1, -0.05) is 0 Å². The number of nitrogens with one attached hydrogen (secondary N) is 1. The number of carbonyl (C=O) groups is 3. The molecular weight excluding hydrogens is 262 g/mol. The minimum atomic E-state index is -1.06. The van der Waals surface area contributed by atoms with Crippen LogP contribution in [0.15, 0.2) is 0 Å². The number of hydrogen-bond acceptors (Lipinski definition) is 4. The average Bonchev–Trinajstić information content (AvgIpc) is 2.38. The highest BCUT2D eigenvalue weighted by Gasteiger charge is 2.37. The van der Waals surface area contributed by atoms with E-state index in [2.05, 4.69) is 5.32 Å². The first kappa shape index (κ1) is 16.4. The number of carbonyl (C=O) groups excluding carboxylic acids is 2. The molecule has 1 saturated heterocycles. The van der Waals surface area contributed by atoms with E-state index in [0.717, 1.165) is 0 Å². The summed E-state index contributed by atoms with van der Waals surface area (Å²) in [7, 11) is 0. The second-order valence-electron chi connectivity index (χ2n) is 5.59. The maximum Gasteiger partial charge on any atom is 0.325 e. The van der Waals surface area contributed by atoms with Crippen LogP contribution in [0.3, 0.4) is 0 Å². The van der Waals surface area contributed by atoms with Gasteiger partial charge in [0.1, 0.15) is 6.04 Å². The number of amides is 2. The van der Waals surface area contributed by atoms with Crippen molar-refractivity contribution in [1.29, 1.82) is 0 Å². The predicted molar refractivity (Wildman–Crippen MR) is 73.1 cm³/mol. The van der Waals surface area contributed by atoms with Crippen molar-refractivity contribution in [2.45, 2.75) is 39.3 Å². The summed E-state index contributed by atoms with van der Waals surface area (Å²) < 4.78 is 0. The maximum absolute atomic E-state index is 12.2. The van der Waals surface area contributed by atoms with Crippen LogP contribution in [0.5, 0.6) is 0 Å². The lowest BCUT2D eigenvalue weighted by Gasteiger charge is -2.43. The van der Waals surface area contributed by atoms with Crippen molar-refractivity contribution in [3.8, 4) is 0 Å². The fourth-order valence-corrected chi connectivity index (χ4v) is 2.16. The summed E-state index contributed by atoms with van der Waals surface area (Å²) >= 11 is 0. The van der Waals surface area contributed by atoms with E-state index >= 15 is 0 Å². The number of nitrogens with zero attached hydrogens (tertiary/aromatic N) is 2. The summed E-state index contributed by atoms with van der Waals surface area (Å²) in [6, 6.07) is -0.916. The highest BCUT2D eigenvalue weighted by Crippen LogP contribution is 2.17. The van der Waals surface area contributed by atoms with E-state index in [1.807, 2.05) is 4.90 Å². The highest BCUT2D eigenvalue weighted by atomic mass is 16.4. The first-order valence-electron chi connectivity index (χ1n) is 6.70. The van der Waals surface area contributed by atoms with Crippen LogP contribution in [0.1, 0.15) is 27.7 Å². The van der Waals surface area contributed by atoms with E-state index in [9.17, 15) is 14.4 Å². The Hall–Kier alpha value is -1.63. The van der Waals surface area contributed by atoms with Crippen LogP contribution in [0.25, 0.3) is 0 Å². The number of hydrogen-bond donors (Lipinski definition) is 2. The molecule has 7 heteroatoms. The van der Waals surface area contributed by atoms with Gasteiger partial charge in [0, 0.05) is 33.1 Å². The molecule has 1 rings (SSSR count). The summed E-state index contributed by atoms with van der Waals surface area (Å²) in [6.45, 7) is 8.86. The zero-order valence-corrected chi connectivity index (χ0v) is 12.5. The monoisotopic (exact) mass is 285 g/mol. The van der Waals surface area contributed by atoms with Crippen LogP contribution < -0.4 is 5.32 Å². The largest absolute Gasteiger partial charge is 0.480 e. The molecule has 0 aromatic rings. The minimum Gasteiger partial charge on any atom is -0.480 e. The zero-order chi connectivity index (χ0) is 15.5. The Kier molecular flexibility index (Phi) is 5.10. The van der Waals surface area contributed by atoms with Crippen LogP contribution in [-0.4, -0.2) is 70.4 Å². The molecule has 1 fully saturated rings. The summed E-state index contributed by atoms with van der Waals surface area (Å²) in [5.41, 5.74) is -0.799. The molecule has 0 spiro atoms. The summed E-state index contributed by atoms with van der Waals surface area (Å²) in [5, 5.41) is 11.3. The summed E-state index contributed by atoms with van der Waals surface area (Å²) in [5.74, 6) is -1.34.